The number of halogens is 5. The first-order valence-corrected chi connectivity index (χ1v) is 8.93. The van der Waals surface area contributed by atoms with E-state index >= 15 is 0 Å². The maximum absolute atomic E-state index is 13.9. The third-order valence-electron chi connectivity index (χ3n) is 6.21. The summed E-state index contributed by atoms with van der Waals surface area (Å²) in [5.41, 5.74) is -1.43. The van der Waals surface area contributed by atoms with Crippen LogP contribution in [0.5, 0.6) is 0 Å². The van der Waals surface area contributed by atoms with Gasteiger partial charge in [0.1, 0.15) is 11.6 Å². The predicted molar refractivity (Wildman–Crippen MR) is 84.7 cm³/mol. The van der Waals surface area contributed by atoms with Gasteiger partial charge in [0.15, 0.2) is 6.04 Å². The Labute approximate surface area is 152 Å². The summed E-state index contributed by atoms with van der Waals surface area (Å²) >= 11 is 0. The van der Waals surface area contributed by atoms with Crippen molar-refractivity contribution in [3.8, 4) is 0 Å². The molecule has 2 aliphatic carbocycles. The van der Waals surface area contributed by atoms with E-state index in [2.05, 4.69) is 5.32 Å². The number of urea groups is 1. The minimum absolute atomic E-state index is 0.0407. The van der Waals surface area contributed by atoms with Crippen LogP contribution >= 0.6 is 0 Å². The largest absolute Gasteiger partial charge is 0.413 e. The van der Waals surface area contributed by atoms with Crippen molar-refractivity contribution >= 4 is 6.03 Å². The number of hydrogen-bond acceptors (Lipinski definition) is 2. The Morgan fingerprint density at radius 3 is 2.44 bits per heavy atom. The summed E-state index contributed by atoms with van der Waals surface area (Å²) in [4.78, 5) is 12.3. The lowest BCUT2D eigenvalue weighted by Crippen LogP contribution is -2.72. The van der Waals surface area contributed by atoms with Crippen LogP contribution in [-0.4, -0.2) is 31.0 Å². The molecule has 1 aliphatic heterocycles. The topological polar surface area (TPSA) is 50.4 Å². The molecule has 3 fully saturated rings. The Morgan fingerprint density at radius 2 is 1.89 bits per heavy atom. The summed E-state index contributed by atoms with van der Waals surface area (Å²) < 4.78 is 73.6. The zero-order chi connectivity index (χ0) is 19.4. The molecule has 1 aromatic rings. The van der Waals surface area contributed by atoms with Gasteiger partial charge in [0.2, 0.25) is 0 Å². The zero-order valence-electron chi connectivity index (χ0n) is 14.3. The summed E-state index contributed by atoms with van der Waals surface area (Å²) in [6, 6.07) is -1.71. The van der Waals surface area contributed by atoms with Crippen LogP contribution in [0.1, 0.15) is 37.3 Å². The maximum atomic E-state index is 13.9. The molecule has 2 N–H and O–H groups in total. The normalized spacial score (nSPS) is 29.4. The Balaban J connectivity index is 1.51. The van der Waals surface area contributed by atoms with Crippen LogP contribution in [0.15, 0.2) is 18.2 Å². The van der Waals surface area contributed by atoms with E-state index in [0.717, 1.165) is 43.9 Å². The number of hydrogen-bond donors (Lipinski definition) is 2. The van der Waals surface area contributed by atoms with Gasteiger partial charge in [0, 0.05) is 24.0 Å². The van der Waals surface area contributed by atoms with Crippen molar-refractivity contribution in [3.05, 3.63) is 35.4 Å². The first-order chi connectivity index (χ1) is 12.7. The molecule has 4 atom stereocenters. The predicted octanol–water partition coefficient (Wildman–Crippen LogP) is 3.83. The number of alkyl halides is 3. The first kappa shape index (κ1) is 18.5. The SMILES string of the molecule is O=C(N[C@H](c1c(F)cccc1F)C(F)(F)F)N[C@@H]1[C@H]2CCO[C@H]2C12CCC2. The third-order valence-corrected chi connectivity index (χ3v) is 6.21. The van der Waals surface area contributed by atoms with Crippen LogP contribution in [0, 0.1) is 23.0 Å². The van der Waals surface area contributed by atoms with Crippen LogP contribution in [0.3, 0.4) is 0 Å². The van der Waals surface area contributed by atoms with Gasteiger partial charge in [-0.2, -0.15) is 13.2 Å². The highest BCUT2D eigenvalue weighted by atomic mass is 19.4. The number of benzene rings is 1. The van der Waals surface area contributed by atoms with Gasteiger partial charge in [-0.15, -0.1) is 0 Å². The number of fused-ring (bicyclic) bond motifs is 2. The van der Waals surface area contributed by atoms with E-state index in [1.54, 1.807) is 5.32 Å². The van der Waals surface area contributed by atoms with Crippen molar-refractivity contribution in [1.29, 1.82) is 0 Å². The second-order valence-electron chi connectivity index (χ2n) is 7.54. The monoisotopic (exact) mass is 390 g/mol. The summed E-state index contributed by atoms with van der Waals surface area (Å²) in [6.45, 7) is 0.572. The standard InChI is InChI=1S/C18H19F5N2O2/c19-10-3-1-4-11(20)12(10)14(18(21,22)23)25-16(26)24-13-9-5-8-27-15(9)17(13)6-2-7-17/h1,3-4,9,13-15H,2,5-8H2,(H2,24,25,26)/t9-,13-,14-,15-/m1/s1. The molecule has 0 radical (unpaired) electrons. The van der Waals surface area contributed by atoms with Crippen LogP contribution in [-0.2, 0) is 4.74 Å². The van der Waals surface area contributed by atoms with Crippen LogP contribution in [0.2, 0.25) is 0 Å². The molecule has 1 aromatic carbocycles. The average Bonchev–Trinajstić information content (AvgIpc) is 2.94. The van der Waals surface area contributed by atoms with Crippen molar-refractivity contribution < 1.29 is 31.5 Å². The van der Waals surface area contributed by atoms with Gasteiger partial charge in [-0.25, -0.2) is 13.6 Å². The van der Waals surface area contributed by atoms with Crippen molar-refractivity contribution in [2.75, 3.05) is 6.61 Å². The van der Waals surface area contributed by atoms with Gasteiger partial charge in [-0.1, -0.05) is 12.5 Å². The van der Waals surface area contributed by atoms with Gasteiger partial charge < -0.3 is 15.4 Å². The maximum Gasteiger partial charge on any atom is 0.413 e. The van der Waals surface area contributed by atoms with Crippen molar-refractivity contribution in [3.63, 3.8) is 0 Å². The Kier molecular flexibility index (Phi) is 4.32. The Hall–Kier alpha value is -1.90. The molecule has 2 saturated carbocycles. The second kappa shape index (κ2) is 6.32. The zero-order valence-corrected chi connectivity index (χ0v) is 14.3. The fourth-order valence-corrected chi connectivity index (χ4v) is 4.87. The number of carbonyl (C=O) groups excluding carboxylic acids is 1. The number of amides is 2. The molecule has 1 saturated heterocycles. The molecular formula is C18H19F5N2O2. The van der Waals surface area contributed by atoms with Crippen LogP contribution < -0.4 is 10.6 Å². The minimum Gasteiger partial charge on any atom is -0.377 e. The molecule has 0 bridgehead atoms. The van der Waals surface area contributed by atoms with Crippen LogP contribution in [0.4, 0.5) is 26.7 Å². The lowest BCUT2D eigenvalue weighted by Gasteiger charge is -2.63. The quantitative estimate of drug-likeness (QED) is 0.771. The Morgan fingerprint density at radius 1 is 1.22 bits per heavy atom. The molecule has 0 aromatic heterocycles. The average molecular weight is 390 g/mol. The number of nitrogens with one attached hydrogen (secondary N) is 2. The first-order valence-electron chi connectivity index (χ1n) is 8.93. The number of ether oxygens (including phenoxy) is 1. The molecule has 1 heterocycles. The lowest BCUT2D eigenvalue weighted by molar-refractivity contribution is -0.173. The molecular weight excluding hydrogens is 371 g/mol. The van der Waals surface area contributed by atoms with E-state index in [0.29, 0.717) is 6.61 Å². The smallest absolute Gasteiger partial charge is 0.377 e. The Bertz CT molecular complexity index is 730. The van der Waals surface area contributed by atoms with E-state index in [4.69, 9.17) is 4.74 Å². The van der Waals surface area contributed by atoms with Gasteiger partial charge in [-0.3, -0.25) is 0 Å². The summed E-state index contributed by atoms with van der Waals surface area (Å²) in [5.74, 6) is -2.65. The van der Waals surface area contributed by atoms with E-state index in [1.165, 1.54) is 0 Å². The fraction of sp³-hybridized carbons (Fsp3) is 0.611. The second-order valence-corrected chi connectivity index (χ2v) is 7.54. The fourth-order valence-electron chi connectivity index (χ4n) is 4.87. The summed E-state index contributed by atoms with van der Waals surface area (Å²) in [6.07, 6.45) is -1.58. The molecule has 9 heteroatoms. The molecule has 1 spiro atoms. The van der Waals surface area contributed by atoms with Gasteiger partial charge in [0.05, 0.1) is 11.7 Å². The van der Waals surface area contributed by atoms with Crippen molar-refractivity contribution in [2.45, 2.75) is 50.0 Å². The molecule has 148 valence electrons. The van der Waals surface area contributed by atoms with E-state index in [9.17, 15) is 26.7 Å². The lowest BCUT2D eigenvalue weighted by atomic mass is 9.46. The van der Waals surface area contributed by atoms with Gasteiger partial charge in [-0.05, 0) is 31.4 Å². The number of carbonyl (C=O) groups is 1. The molecule has 2 amide bonds. The molecule has 27 heavy (non-hydrogen) atoms. The summed E-state index contributed by atoms with van der Waals surface area (Å²) in [5, 5.41) is 4.34. The highest BCUT2D eigenvalue weighted by Crippen LogP contribution is 2.62. The van der Waals surface area contributed by atoms with Crippen molar-refractivity contribution in [1.82, 2.24) is 10.6 Å². The highest BCUT2D eigenvalue weighted by Gasteiger charge is 2.67. The molecule has 4 rings (SSSR count). The van der Waals surface area contributed by atoms with Crippen molar-refractivity contribution in [2.24, 2.45) is 11.3 Å². The van der Waals surface area contributed by atoms with Gasteiger partial charge >= 0.3 is 12.2 Å². The van der Waals surface area contributed by atoms with E-state index in [-0.39, 0.29) is 23.5 Å². The number of rotatable bonds is 3. The van der Waals surface area contributed by atoms with E-state index < -0.39 is 35.4 Å². The minimum atomic E-state index is -5.05. The summed E-state index contributed by atoms with van der Waals surface area (Å²) in [7, 11) is 0. The molecule has 0 unspecified atom stereocenters. The highest BCUT2D eigenvalue weighted by molar-refractivity contribution is 5.75. The van der Waals surface area contributed by atoms with Crippen LogP contribution in [0.25, 0.3) is 0 Å². The molecule has 3 aliphatic rings. The van der Waals surface area contributed by atoms with Gasteiger partial charge in [0.25, 0.3) is 0 Å². The van der Waals surface area contributed by atoms with E-state index in [1.807, 2.05) is 0 Å². The third kappa shape index (κ3) is 2.86. The molecule has 4 nitrogen and oxygen atoms in total.